The van der Waals surface area contributed by atoms with Crippen LogP contribution in [0.1, 0.15) is 29.9 Å². The molecule has 9 heteroatoms. The molecule has 2 fully saturated rings. The summed E-state index contributed by atoms with van der Waals surface area (Å²) in [5, 5.41) is 11.5. The molecule has 3 aromatic rings. The lowest BCUT2D eigenvalue weighted by atomic mass is 9.96. The fourth-order valence-electron chi connectivity index (χ4n) is 4.97. The smallest absolute Gasteiger partial charge is 0.295 e. The molecule has 9 nitrogen and oxygen atoms in total. The minimum Gasteiger partial charge on any atom is -0.505 e. The van der Waals surface area contributed by atoms with Crippen LogP contribution in [0, 0.1) is 6.92 Å². The predicted molar refractivity (Wildman–Crippen MR) is 134 cm³/mol. The number of pyridine rings is 1. The molecule has 1 N–H and O–H groups in total. The zero-order valence-electron chi connectivity index (χ0n) is 20.5. The van der Waals surface area contributed by atoms with Gasteiger partial charge < -0.3 is 19.5 Å². The van der Waals surface area contributed by atoms with Crippen LogP contribution in [0.4, 0.5) is 0 Å². The number of rotatable bonds is 7. The van der Waals surface area contributed by atoms with Gasteiger partial charge in [-0.25, -0.2) is 4.98 Å². The van der Waals surface area contributed by atoms with Gasteiger partial charge >= 0.3 is 0 Å². The Kier molecular flexibility index (Phi) is 6.75. The molecule has 4 heterocycles. The van der Waals surface area contributed by atoms with E-state index in [1.807, 2.05) is 49.4 Å². The number of likely N-dealkylation sites (tertiary alicyclic amines) is 1. The first kappa shape index (κ1) is 24.0. The predicted octanol–water partition coefficient (Wildman–Crippen LogP) is 2.80. The van der Waals surface area contributed by atoms with Gasteiger partial charge in [0.05, 0.1) is 37.1 Å². The minimum atomic E-state index is -0.727. The molecule has 188 valence electrons. The van der Waals surface area contributed by atoms with E-state index >= 15 is 0 Å². The van der Waals surface area contributed by atoms with Gasteiger partial charge in [-0.3, -0.25) is 18.9 Å². The molecule has 0 spiro atoms. The Balaban J connectivity index is 1.59. The highest BCUT2D eigenvalue weighted by molar-refractivity contribution is 6.46. The molecule has 0 unspecified atom stereocenters. The molecule has 2 aliphatic heterocycles. The number of amides is 1. The number of aryl methyl sites for hydroxylation is 1. The van der Waals surface area contributed by atoms with E-state index in [2.05, 4.69) is 9.88 Å². The number of aliphatic hydroxyl groups excluding tert-OH is 1. The van der Waals surface area contributed by atoms with Crippen LogP contribution in [-0.4, -0.2) is 82.0 Å². The first-order valence-electron chi connectivity index (χ1n) is 12.2. The second-order valence-corrected chi connectivity index (χ2v) is 8.92. The van der Waals surface area contributed by atoms with Crippen molar-refractivity contribution < 1.29 is 24.2 Å². The maximum atomic E-state index is 13.4. The fourth-order valence-corrected chi connectivity index (χ4v) is 4.97. The Morgan fingerprint density at radius 1 is 1.11 bits per heavy atom. The lowest BCUT2D eigenvalue weighted by Crippen LogP contribution is -2.42. The second kappa shape index (κ2) is 10.1. The average molecular weight is 491 g/mol. The molecule has 1 amide bonds. The van der Waals surface area contributed by atoms with Crippen LogP contribution in [0.5, 0.6) is 5.75 Å². The molecule has 0 bridgehead atoms. The summed E-state index contributed by atoms with van der Waals surface area (Å²) >= 11 is 0. The van der Waals surface area contributed by atoms with Crippen molar-refractivity contribution in [2.75, 3.05) is 46.0 Å². The first-order chi connectivity index (χ1) is 17.5. The molecule has 0 saturated carbocycles. The topological polar surface area (TPSA) is 96.6 Å². The van der Waals surface area contributed by atoms with E-state index in [9.17, 15) is 14.7 Å². The summed E-state index contributed by atoms with van der Waals surface area (Å²) in [7, 11) is 0. The van der Waals surface area contributed by atoms with E-state index in [1.54, 1.807) is 22.4 Å². The van der Waals surface area contributed by atoms with E-state index in [0.717, 1.165) is 18.7 Å². The van der Waals surface area contributed by atoms with E-state index in [1.165, 1.54) is 0 Å². The van der Waals surface area contributed by atoms with Gasteiger partial charge in [0, 0.05) is 32.4 Å². The number of imidazole rings is 1. The second-order valence-electron chi connectivity index (χ2n) is 8.92. The summed E-state index contributed by atoms with van der Waals surface area (Å²) in [6.45, 7) is 8.03. The van der Waals surface area contributed by atoms with Crippen molar-refractivity contribution in [2.24, 2.45) is 0 Å². The first-order valence-corrected chi connectivity index (χ1v) is 12.2. The Hall–Kier alpha value is -3.69. The molecule has 2 aliphatic rings. The van der Waals surface area contributed by atoms with Crippen LogP contribution in [0.15, 0.2) is 54.2 Å². The molecular formula is C27H30N4O5. The largest absolute Gasteiger partial charge is 0.505 e. The number of benzene rings is 1. The van der Waals surface area contributed by atoms with Crippen molar-refractivity contribution in [2.45, 2.75) is 19.9 Å². The lowest BCUT2D eigenvalue weighted by Gasteiger charge is -2.31. The number of morpholine rings is 1. The standard InChI is InChI=1S/C27H30N4O5/c1-3-36-20-9-7-19(8-10-20)24-22(25(32)23-18(2)28-21-6-4-5-11-30(21)23)26(33)27(34)31(24)13-12-29-14-16-35-17-15-29/h4-11,24,32H,3,12-17H2,1-2H3/b25-22+/t24-/m0/s1. The van der Waals surface area contributed by atoms with Crippen LogP contribution in [0.25, 0.3) is 11.4 Å². The molecule has 5 rings (SSSR count). The highest BCUT2D eigenvalue weighted by Gasteiger charge is 2.46. The van der Waals surface area contributed by atoms with Crippen molar-refractivity contribution in [3.63, 3.8) is 0 Å². The van der Waals surface area contributed by atoms with Gasteiger partial charge in [-0.15, -0.1) is 0 Å². The Morgan fingerprint density at radius 3 is 2.58 bits per heavy atom. The highest BCUT2D eigenvalue weighted by Crippen LogP contribution is 2.40. The van der Waals surface area contributed by atoms with E-state index in [0.29, 0.717) is 55.7 Å². The minimum absolute atomic E-state index is 0.0693. The van der Waals surface area contributed by atoms with Crippen LogP contribution in [-0.2, 0) is 14.3 Å². The molecule has 1 atom stereocenters. The summed E-state index contributed by atoms with van der Waals surface area (Å²) in [4.78, 5) is 35.0. The van der Waals surface area contributed by atoms with Gasteiger partial charge in [0.1, 0.15) is 17.1 Å². The Morgan fingerprint density at radius 2 is 1.86 bits per heavy atom. The van der Waals surface area contributed by atoms with Crippen molar-refractivity contribution in [1.82, 2.24) is 19.2 Å². The number of hydrogen-bond acceptors (Lipinski definition) is 7. The van der Waals surface area contributed by atoms with Crippen molar-refractivity contribution in [1.29, 1.82) is 0 Å². The van der Waals surface area contributed by atoms with Gasteiger partial charge in [0.15, 0.2) is 5.76 Å². The van der Waals surface area contributed by atoms with E-state index < -0.39 is 17.7 Å². The summed E-state index contributed by atoms with van der Waals surface area (Å²) < 4.78 is 12.7. The van der Waals surface area contributed by atoms with Gasteiger partial charge in [-0.05, 0) is 43.7 Å². The maximum absolute atomic E-state index is 13.4. The molecule has 36 heavy (non-hydrogen) atoms. The van der Waals surface area contributed by atoms with Crippen LogP contribution in [0.3, 0.4) is 0 Å². The number of ketones is 1. The fraction of sp³-hybridized carbons (Fsp3) is 0.370. The zero-order chi connectivity index (χ0) is 25.2. The van der Waals surface area contributed by atoms with Gasteiger partial charge in [-0.2, -0.15) is 0 Å². The number of nitrogens with zero attached hydrogens (tertiary/aromatic N) is 4. The van der Waals surface area contributed by atoms with Crippen molar-refractivity contribution >= 4 is 23.1 Å². The number of carbonyl (C=O) groups is 2. The normalized spacial score (nSPS) is 20.4. The summed E-state index contributed by atoms with van der Waals surface area (Å²) in [5.74, 6) is -0.838. The number of fused-ring (bicyclic) bond motifs is 1. The van der Waals surface area contributed by atoms with E-state index in [-0.39, 0.29) is 11.3 Å². The number of ether oxygens (including phenoxy) is 2. The number of hydrogen-bond donors (Lipinski definition) is 1. The third kappa shape index (κ3) is 4.36. The summed E-state index contributed by atoms with van der Waals surface area (Å²) in [6, 6.07) is 12.1. The average Bonchev–Trinajstić information content (AvgIpc) is 3.36. The van der Waals surface area contributed by atoms with Crippen LogP contribution in [0.2, 0.25) is 0 Å². The molecule has 1 aromatic carbocycles. The quantitative estimate of drug-likeness (QED) is 0.309. The number of carbonyl (C=O) groups excluding carboxylic acids is 2. The Bertz CT molecular complexity index is 1310. The zero-order valence-corrected chi connectivity index (χ0v) is 20.5. The molecule has 0 radical (unpaired) electrons. The third-order valence-corrected chi connectivity index (χ3v) is 6.74. The van der Waals surface area contributed by atoms with Crippen molar-refractivity contribution in [3.05, 3.63) is 71.2 Å². The number of aromatic nitrogens is 2. The van der Waals surface area contributed by atoms with Crippen LogP contribution < -0.4 is 4.74 Å². The molecule has 0 aliphatic carbocycles. The molecule has 2 saturated heterocycles. The maximum Gasteiger partial charge on any atom is 0.295 e. The summed E-state index contributed by atoms with van der Waals surface area (Å²) in [5.41, 5.74) is 2.43. The molecular weight excluding hydrogens is 460 g/mol. The SMILES string of the molecule is CCOc1ccc([C@H]2/C(=C(\O)c3c(C)nc4ccccn34)C(=O)C(=O)N2CCN2CCOCC2)cc1. The molecule has 2 aromatic heterocycles. The van der Waals surface area contributed by atoms with Crippen LogP contribution >= 0.6 is 0 Å². The number of aliphatic hydroxyl groups is 1. The van der Waals surface area contributed by atoms with Gasteiger partial charge in [0.25, 0.3) is 11.7 Å². The van der Waals surface area contributed by atoms with E-state index in [4.69, 9.17) is 9.47 Å². The summed E-state index contributed by atoms with van der Waals surface area (Å²) in [6.07, 6.45) is 1.78. The lowest BCUT2D eigenvalue weighted by molar-refractivity contribution is -0.140. The highest BCUT2D eigenvalue weighted by atomic mass is 16.5. The monoisotopic (exact) mass is 490 g/mol. The van der Waals surface area contributed by atoms with Gasteiger partial charge in [-0.1, -0.05) is 18.2 Å². The van der Waals surface area contributed by atoms with Crippen molar-refractivity contribution in [3.8, 4) is 5.75 Å². The Labute approximate surface area is 209 Å². The third-order valence-electron chi connectivity index (χ3n) is 6.74. The van der Waals surface area contributed by atoms with Gasteiger partial charge in [0.2, 0.25) is 0 Å². The number of Topliss-reactive ketones (excluding diaryl/α,β-unsaturated/α-hetero) is 1.